The molecule has 1 amide bonds. The van der Waals surface area contributed by atoms with E-state index < -0.39 is 10.4 Å². The molecule has 0 saturated carbocycles. The van der Waals surface area contributed by atoms with Crippen molar-refractivity contribution in [1.82, 2.24) is 4.90 Å². The molecule has 0 unspecified atom stereocenters. The van der Waals surface area contributed by atoms with Gasteiger partial charge in [0.15, 0.2) is 0 Å². The van der Waals surface area contributed by atoms with Gasteiger partial charge in [-0.05, 0) is 39.6 Å². The summed E-state index contributed by atoms with van der Waals surface area (Å²) >= 11 is 0. The first-order valence-corrected chi connectivity index (χ1v) is 6.19. The molecule has 0 aromatic rings. The van der Waals surface area contributed by atoms with Crippen LogP contribution in [0.3, 0.4) is 0 Å². The monoisotopic (exact) mass is 268 g/mol. The highest BCUT2D eigenvalue weighted by molar-refractivity contribution is 7.80. The van der Waals surface area contributed by atoms with Crippen LogP contribution in [0.5, 0.6) is 0 Å². The van der Waals surface area contributed by atoms with Crippen LogP contribution >= 0.6 is 0 Å². The molecule has 0 bridgehead atoms. The third kappa shape index (κ3) is 25.4. The van der Waals surface area contributed by atoms with Gasteiger partial charge < -0.3 is 10.6 Å². The molecular formula is C9H20N2O5S. The molecule has 0 aliphatic rings. The summed E-state index contributed by atoms with van der Waals surface area (Å²) in [5.41, 5.74) is 4.90. The van der Waals surface area contributed by atoms with Gasteiger partial charge in [0.1, 0.15) is 0 Å². The summed E-state index contributed by atoms with van der Waals surface area (Å²) in [5.74, 6) is -0.366. The van der Waals surface area contributed by atoms with Crippen LogP contribution < -0.4 is 5.73 Å². The maximum atomic E-state index is 10.2. The van der Waals surface area contributed by atoms with Crippen molar-refractivity contribution in [3.63, 3.8) is 0 Å². The van der Waals surface area contributed by atoms with Gasteiger partial charge in [-0.15, -0.1) is 0 Å². The van der Waals surface area contributed by atoms with E-state index >= 15 is 0 Å². The minimum Gasteiger partial charge on any atom is -0.366 e. The summed E-state index contributed by atoms with van der Waals surface area (Å²) in [6, 6.07) is 0. The number of rotatable bonds is 6. The second-order valence-electron chi connectivity index (χ2n) is 3.34. The van der Waals surface area contributed by atoms with E-state index in [9.17, 15) is 13.2 Å². The molecule has 102 valence electrons. The minimum atomic E-state index is -4.16. The Bertz CT molecular complexity index is 324. The molecule has 0 heterocycles. The van der Waals surface area contributed by atoms with Gasteiger partial charge in [0.05, 0.1) is 7.11 Å². The average Bonchev–Trinajstić information content (AvgIpc) is 2.16. The lowest BCUT2D eigenvalue weighted by Gasteiger charge is -2.06. The molecule has 0 spiro atoms. The predicted molar refractivity (Wildman–Crippen MR) is 64.7 cm³/mol. The molecule has 0 rings (SSSR count). The zero-order valence-electron chi connectivity index (χ0n) is 10.3. The fraction of sp³-hybridized carbons (Fsp3) is 0.667. The van der Waals surface area contributed by atoms with Crippen molar-refractivity contribution in [2.45, 2.75) is 12.8 Å². The number of primary amides is 1. The number of hydrogen-bond donors (Lipinski definition) is 2. The van der Waals surface area contributed by atoms with Crippen LogP contribution in [0.15, 0.2) is 12.2 Å². The Hall–Kier alpha value is -0.960. The first-order valence-electron chi connectivity index (χ1n) is 4.82. The van der Waals surface area contributed by atoms with E-state index in [0.717, 1.165) is 26.5 Å². The van der Waals surface area contributed by atoms with Crippen LogP contribution in [0.4, 0.5) is 0 Å². The number of nitrogens with zero attached hydrogens (tertiary/aromatic N) is 1. The van der Waals surface area contributed by atoms with Gasteiger partial charge in [0.25, 0.3) is 0 Å². The van der Waals surface area contributed by atoms with Gasteiger partial charge in [-0.3, -0.25) is 13.5 Å². The molecule has 0 fully saturated rings. The number of hydrogen-bond acceptors (Lipinski definition) is 5. The number of allylic oxidation sites excluding steroid dienone is 1. The standard InChI is InChI=1S/C8H16N2O.CH4O4S/c1-10(2)7-5-3-4-6-8(9)11;1-5-6(2,3)4/h4,6H,3,5,7H2,1-2H3,(H2,9,11);1H3,(H,2,3,4). The molecule has 3 N–H and O–H groups in total. The summed E-state index contributed by atoms with van der Waals surface area (Å²) in [7, 11) is 0.760. The largest absolute Gasteiger partial charge is 0.397 e. The van der Waals surface area contributed by atoms with E-state index in [0.29, 0.717) is 0 Å². The van der Waals surface area contributed by atoms with E-state index in [1.165, 1.54) is 6.08 Å². The number of amides is 1. The van der Waals surface area contributed by atoms with Crippen molar-refractivity contribution < 1.29 is 21.9 Å². The fourth-order valence-electron chi connectivity index (χ4n) is 0.725. The number of carbonyl (C=O) groups excluding carboxylic acids is 1. The minimum absolute atomic E-state index is 0.366. The SMILES string of the molecule is CN(C)CCCC=CC(N)=O.COS(=O)(=O)O. The summed E-state index contributed by atoms with van der Waals surface area (Å²) in [6.07, 6.45) is 5.21. The smallest absolute Gasteiger partial charge is 0.366 e. The maximum absolute atomic E-state index is 10.2. The summed E-state index contributed by atoms with van der Waals surface area (Å²) in [4.78, 5) is 12.3. The Morgan fingerprint density at radius 2 is 1.94 bits per heavy atom. The molecule has 17 heavy (non-hydrogen) atoms. The Labute approximate surface area is 102 Å². The van der Waals surface area contributed by atoms with Crippen molar-refractivity contribution in [3.05, 3.63) is 12.2 Å². The second-order valence-corrected chi connectivity index (χ2v) is 4.53. The molecular weight excluding hydrogens is 248 g/mol. The Balaban J connectivity index is 0. The third-order valence-electron chi connectivity index (χ3n) is 1.47. The molecule has 0 aromatic heterocycles. The first-order chi connectivity index (χ1) is 7.69. The maximum Gasteiger partial charge on any atom is 0.397 e. The van der Waals surface area contributed by atoms with E-state index in [1.54, 1.807) is 0 Å². The van der Waals surface area contributed by atoms with Gasteiger partial charge in [0, 0.05) is 0 Å². The number of nitrogens with two attached hydrogens (primary N) is 1. The first kappa shape index (κ1) is 18.4. The van der Waals surface area contributed by atoms with Crippen molar-refractivity contribution >= 4 is 16.3 Å². The Kier molecular flexibility index (Phi) is 11.1. The van der Waals surface area contributed by atoms with Crippen LogP contribution in [0, 0.1) is 0 Å². The molecule has 0 aliphatic heterocycles. The fourth-order valence-corrected chi connectivity index (χ4v) is 0.725. The third-order valence-corrected chi connectivity index (χ3v) is 1.89. The molecule has 0 aliphatic carbocycles. The van der Waals surface area contributed by atoms with Crippen molar-refractivity contribution in [1.29, 1.82) is 0 Å². The number of carbonyl (C=O) groups is 1. The topological polar surface area (TPSA) is 110 Å². The van der Waals surface area contributed by atoms with Gasteiger partial charge in [-0.1, -0.05) is 6.08 Å². The highest BCUT2D eigenvalue weighted by Crippen LogP contribution is 1.91. The quantitative estimate of drug-likeness (QED) is 0.392. The molecule has 7 nitrogen and oxygen atoms in total. The van der Waals surface area contributed by atoms with Gasteiger partial charge >= 0.3 is 10.4 Å². The molecule has 0 aromatic carbocycles. The van der Waals surface area contributed by atoms with E-state index in [4.69, 9.17) is 10.3 Å². The molecule has 0 saturated heterocycles. The molecule has 0 atom stereocenters. The highest BCUT2D eigenvalue weighted by Gasteiger charge is 1.94. The van der Waals surface area contributed by atoms with Crippen LogP contribution in [-0.2, 0) is 19.4 Å². The lowest BCUT2D eigenvalue weighted by Crippen LogP contribution is -2.12. The van der Waals surface area contributed by atoms with Crippen molar-refractivity contribution in [2.75, 3.05) is 27.7 Å². The zero-order chi connectivity index (χ0) is 13.9. The van der Waals surface area contributed by atoms with Crippen molar-refractivity contribution in [3.8, 4) is 0 Å². The van der Waals surface area contributed by atoms with E-state index in [1.807, 2.05) is 20.2 Å². The van der Waals surface area contributed by atoms with Crippen LogP contribution in [0.25, 0.3) is 0 Å². The van der Waals surface area contributed by atoms with E-state index in [-0.39, 0.29) is 5.91 Å². The molecule has 0 radical (unpaired) electrons. The lowest BCUT2D eigenvalue weighted by atomic mass is 10.3. The highest BCUT2D eigenvalue weighted by atomic mass is 32.3. The Morgan fingerprint density at radius 1 is 1.47 bits per heavy atom. The Morgan fingerprint density at radius 3 is 2.24 bits per heavy atom. The predicted octanol–water partition coefficient (Wildman–Crippen LogP) is -0.195. The second kappa shape index (κ2) is 10.2. The summed E-state index contributed by atoms with van der Waals surface area (Å²) in [6.45, 7) is 1.04. The summed E-state index contributed by atoms with van der Waals surface area (Å²) in [5, 5.41) is 0. The number of unbranched alkanes of at least 4 members (excludes halogenated alkanes) is 1. The van der Waals surface area contributed by atoms with Gasteiger partial charge in [-0.25, -0.2) is 0 Å². The molecule has 8 heteroatoms. The van der Waals surface area contributed by atoms with Crippen LogP contribution in [0.2, 0.25) is 0 Å². The van der Waals surface area contributed by atoms with Crippen LogP contribution in [-0.4, -0.2) is 51.5 Å². The zero-order valence-corrected chi connectivity index (χ0v) is 11.1. The van der Waals surface area contributed by atoms with Gasteiger partial charge in [0.2, 0.25) is 5.91 Å². The van der Waals surface area contributed by atoms with Crippen LogP contribution in [0.1, 0.15) is 12.8 Å². The summed E-state index contributed by atoms with van der Waals surface area (Å²) < 4.78 is 29.7. The van der Waals surface area contributed by atoms with Crippen molar-refractivity contribution in [2.24, 2.45) is 5.73 Å². The average molecular weight is 268 g/mol. The van der Waals surface area contributed by atoms with E-state index in [2.05, 4.69) is 9.08 Å². The lowest BCUT2D eigenvalue weighted by molar-refractivity contribution is -0.113. The van der Waals surface area contributed by atoms with Gasteiger partial charge in [-0.2, -0.15) is 8.42 Å². The normalized spacial score (nSPS) is 11.4.